The van der Waals surface area contributed by atoms with Crippen molar-refractivity contribution in [1.82, 2.24) is 4.98 Å². The zero-order valence-corrected chi connectivity index (χ0v) is 11.5. The zero-order valence-electron chi connectivity index (χ0n) is 10.7. The quantitative estimate of drug-likeness (QED) is 0.916. The van der Waals surface area contributed by atoms with Gasteiger partial charge in [-0.15, -0.1) is 11.3 Å². The third kappa shape index (κ3) is 2.29. The molecule has 1 aromatic carbocycles. The lowest BCUT2D eigenvalue weighted by atomic mass is 10.0. The third-order valence-electron chi connectivity index (χ3n) is 2.95. The second-order valence-corrected chi connectivity index (χ2v) is 5.33. The molecule has 0 fully saturated rings. The predicted octanol–water partition coefficient (Wildman–Crippen LogP) is 3.69. The van der Waals surface area contributed by atoms with E-state index in [1.54, 1.807) is 0 Å². The van der Waals surface area contributed by atoms with Crippen LogP contribution in [0.15, 0.2) is 18.2 Å². The number of benzene rings is 1. The average molecular weight is 261 g/mol. The first kappa shape index (κ1) is 12.8. The van der Waals surface area contributed by atoms with E-state index in [-0.39, 0.29) is 0 Å². The molecule has 0 unspecified atom stereocenters. The van der Waals surface area contributed by atoms with Crippen LogP contribution in [-0.4, -0.2) is 16.1 Å². The van der Waals surface area contributed by atoms with Crippen LogP contribution in [0.5, 0.6) is 0 Å². The predicted molar refractivity (Wildman–Crippen MR) is 73.4 cm³/mol. The van der Waals surface area contributed by atoms with Crippen LogP contribution in [0.25, 0.3) is 11.3 Å². The van der Waals surface area contributed by atoms with Gasteiger partial charge < -0.3 is 5.11 Å². The molecule has 0 aliphatic carbocycles. The zero-order chi connectivity index (χ0) is 13.3. The minimum absolute atomic E-state index is 0.329. The Morgan fingerprint density at radius 2 is 2.06 bits per heavy atom. The summed E-state index contributed by atoms with van der Waals surface area (Å²) < 4.78 is 0. The van der Waals surface area contributed by atoms with Crippen molar-refractivity contribution >= 4 is 17.3 Å². The van der Waals surface area contributed by atoms with Crippen molar-refractivity contribution in [3.8, 4) is 11.3 Å². The van der Waals surface area contributed by atoms with Gasteiger partial charge in [-0.3, -0.25) is 0 Å². The van der Waals surface area contributed by atoms with E-state index < -0.39 is 5.97 Å². The minimum Gasteiger partial charge on any atom is -0.477 e. The van der Waals surface area contributed by atoms with Gasteiger partial charge in [-0.2, -0.15) is 0 Å². The van der Waals surface area contributed by atoms with Crippen LogP contribution in [0.4, 0.5) is 0 Å². The number of nitrogens with zero attached hydrogens (tertiary/aromatic N) is 1. The van der Waals surface area contributed by atoms with E-state index in [2.05, 4.69) is 4.98 Å². The second-order valence-electron chi connectivity index (χ2n) is 4.24. The van der Waals surface area contributed by atoms with E-state index in [0.29, 0.717) is 10.6 Å². The van der Waals surface area contributed by atoms with Crippen molar-refractivity contribution in [2.45, 2.75) is 27.2 Å². The van der Waals surface area contributed by atoms with Gasteiger partial charge in [0, 0.05) is 5.56 Å². The first-order valence-corrected chi connectivity index (χ1v) is 6.65. The molecule has 0 bridgehead atoms. The molecule has 0 amide bonds. The Hall–Kier alpha value is -1.68. The first-order valence-electron chi connectivity index (χ1n) is 5.83. The lowest BCUT2D eigenvalue weighted by molar-refractivity contribution is 0.0702. The van der Waals surface area contributed by atoms with Gasteiger partial charge in [0.05, 0.1) is 10.7 Å². The van der Waals surface area contributed by atoms with Gasteiger partial charge in [0.2, 0.25) is 0 Å². The van der Waals surface area contributed by atoms with Gasteiger partial charge in [0.1, 0.15) is 4.88 Å². The van der Waals surface area contributed by atoms with Gasteiger partial charge in [-0.25, -0.2) is 9.78 Å². The number of aromatic nitrogens is 1. The Balaban J connectivity index is 2.58. The fourth-order valence-electron chi connectivity index (χ4n) is 1.74. The van der Waals surface area contributed by atoms with Crippen molar-refractivity contribution in [1.29, 1.82) is 0 Å². The molecule has 0 aliphatic heterocycles. The van der Waals surface area contributed by atoms with Crippen LogP contribution in [0.1, 0.15) is 32.7 Å². The molecule has 94 valence electrons. The van der Waals surface area contributed by atoms with Crippen LogP contribution in [0.2, 0.25) is 0 Å². The molecular weight excluding hydrogens is 246 g/mol. The summed E-state index contributed by atoms with van der Waals surface area (Å²) in [6.07, 6.45) is 0.760. The number of thiazole rings is 1. The van der Waals surface area contributed by atoms with Crippen molar-refractivity contribution < 1.29 is 9.90 Å². The van der Waals surface area contributed by atoms with Gasteiger partial charge in [-0.1, -0.05) is 19.1 Å². The Labute approximate surface area is 110 Å². The van der Waals surface area contributed by atoms with Crippen LogP contribution >= 0.6 is 11.3 Å². The van der Waals surface area contributed by atoms with Crippen molar-refractivity contribution in [3.05, 3.63) is 39.2 Å². The fourth-order valence-corrected chi connectivity index (χ4v) is 2.61. The van der Waals surface area contributed by atoms with Crippen LogP contribution < -0.4 is 0 Å². The first-order chi connectivity index (χ1) is 8.52. The van der Waals surface area contributed by atoms with Crippen molar-refractivity contribution in [3.63, 3.8) is 0 Å². The van der Waals surface area contributed by atoms with Crippen LogP contribution in [0, 0.1) is 13.8 Å². The number of aromatic carboxylic acids is 1. The molecule has 0 saturated heterocycles. The number of carbonyl (C=O) groups is 1. The molecule has 4 heteroatoms. The van der Waals surface area contributed by atoms with Gasteiger partial charge in [0.15, 0.2) is 0 Å². The smallest absolute Gasteiger partial charge is 0.348 e. The molecule has 1 aromatic heterocycles. The summed E-state index contributed by atoms with van der Waals surface area (Å²) in [4.78, 5) is 16.0. The summed E-state index contributed by atoms with van der Waals surface area (Å²) in [7, 11) is 0. The van der Waals surface area contributed by atoms with E-state index in [1.165, 1.54) is 16.9 Å². The molecule has 3 nitrogen and oxygen atoms in total. The Bertz CT molecular complexity index is 602. The van der Waals surface area contributed by atoms with E-state index in [0.717, 1.165) is 22.6 Å². The number of hydrogen-bond acceptors (Lipinski definition) is 3. The van der Waals surface area contributed by atoms with Gasteiger partial charge in [-0.05, 0) is 37.5 Å². The second kappa shape index (κ2) is 4.90. The molecule has 0 saturated carbocycles. The molecular formula is C14H15NO2S. The molecule has 0 aliphatic rings. The van der Waals surface area contributed by atoms with E-state index in [9.17, 15) is 9.90 Å². The number of carboxylic acid groups (broad SMARTS) is 1. The molecule has 0 spiro atoms. The molecule has 18 heavy (non-hydrogen) atoms. The summed E-state index contributed by atoms with van der Waals surface area (Å²) in [5.41, 5.74) is 3.82. The van der Waals surface area contributed by atoms with Crippen molar-refractivity contribution in [2.75, 3.05) is 0 Å². The third-order valence-corrected chi connectivity index (χ3v) is 4.14. The highest BCUT2D eigenvalue weighted by atomic mass is 32.1. The lowest BCUT2D eigenvalue weighted by Gasteiger charge is -2.03. The standard InChI is InChI=1S/C14H15NO2S/c1-4-11-15-12(13(18-11)14(16)17)10-6-5-8(2)9(3)7-10/h5-7H,4H2,1-3H3,(H,16,17). The Morgan fingerprint density at radius 3 is 2.61 bits per heavy atom. The summed E-state index contributed by atoms with van der Waals surface area (Å²) in [5.74, 6) is -0.902. The largest absolute Gasteiger partial charge is 0.477 e. The maximum Gasteiger partial charge on any atom is 0.348 e. The van der Waals surface area contributed by atoms with E-state index in [1.807, 2.05) is 39.0 Å². The SMILES string of the molecule is CCc1nc(-c2ccc(C)c(C)c2)c(C(=O)O)s1. The van der Waals surface area contributed by atoms with Crippen molar-refractivity contribution in [2.24, 2.45) is 0 Å². The normalized spacial score (nSPS) is 10.6. The highest BCUT2D eigenvalue weighted by Gasteiger charge is 2.18. The van der Waals surface area contributed by atoms with Gasteiger partial charge in [0.25, 0.3) is 0 Å². The fraction of sp³-hybridized carbons (Fsp3) is 0.286. The van der Waals surface area contributed by atoms with Crippen LogP contribution in [-0.2, 0) is 6.42 Å². The monoisotopic (exact) mass is 261 g/mol. The Morgan fingerprint density at radius 1 is 1.33 bits per heavy atom. The number of rotatable bonds is 3. The topological polar surface area (TPSA) is 50.2 Å². The maximum atomic E-state index is 11.2. The average Bonchev–Trinajstić information content (AvgIpc) is 2.77. The lowest BCUT2D eigenvalue weighted by Crippen LogP contribution is -1.96. The maximum absolute atomic E-state index is 11.2. The van der Waals surface area contributed by atoms with Crippen LogP contribution in [0.3, 0.4) is 0 Å². The van der Waals surface area contributed by atoms with E-state index >= 15 is 0 Å². The summed E-state index contributed by atoms with van der Waals surface area (Å²) in [5, 5.41) is 10.1. The molecule has 0 atom stereocenters. The number of carboxylic acids is 1. The molecule has 0 radical (unpaired) electrons. The van der Waals surface area contributed by atoms with Gasteiger partial charge >= 0.3 is 5.97 Å². The highest BCUT2D eigenvalue weighted by Crippen LogP contribution is 2.29. The summed E-state index contributed by atoms with van der Waals surface area (Å²) in [6.45, 7) is 6.04. The highest BCUT2D eigenvalue weighted by molar-refractivity contribution is 7.14. The molecule has 1 heterocycles. The number of hydrogen-bond donors (Lipinski definition) is 1. The molecule has 1 N–H and O–H groups in total. The van der Waals surface area contributed by atoms with E-state index in [4.69, 9.17) is 0 Å². The molecule has 2 rings (SSSR count). The minimum atomic E-state index is -0.902. The summed E-state index contributed by atoms with van der Waals surface area (Å²) in [6, 6.07) is 5.93. The summed E-state index contributed by atoms with van der Waals surface area (Å²) >= 11 is 1.26. The molecule has 2 aromatic rings. The Kier molecular flexibility index (Phi) is 3.48. The number of aryl methyl sites for hydroxylation is 3.